The van der Waals surface area contributed by atoms with Crippen LogP contribution in [0.5, 0.6) is 0 Å². The van der Waals surface area contributed by atoms with E-state index in [9.17, 15) is 14.7 Å². The number of hydrogen-bond donors (Lipinski definition) is 3. The Morgan fingerprint density at radius 2 is 0.817 bits per heavy atom. The summed E-state index contributed by atoms with van der Waals surface area (Å²) in [5.41, 5.74) is 15.0. The lowest BCUT2D eigenvalue weighted by atomic mass is 9.39. The zero-order chi connectivity index (χ0) is 74.9. The van der Waals surface area contributed by atoms with Crippen LogP contribution in [0.4, 0.5) is 0 Å². The van der Waals surface area contributed by atoms with E-state index in [0.29, 0.717) is 59.3 Å². The van der Waals surface area contributed by atoms with Crippen molar-refractivity contribution in [3.63, 3.8) is 0 Å². The van der Waals surface area contributed by atoms with Crippen molar-refractivity contribution in [2.75, 3.05) is 19.8 Å². The Bertz CT molecular complexity index is 4040. The van der Waals surface area contributed by atoms with E-state index >= 15 is 0 Å². The summed E-state index contributed by atoms with van der Waals surface area (Å²) in [6.45, 7) is 10.1. The smallest absolute Gasteiger partial charge is 0.322 e. The number of ether oxygens (including phenoxy) is 10. The van der Waals surface area contributed by atoms with Crippen LogP contribution in [0.15, 0.2) is 243 Å². The van der Waals surface area contributed by atoms with Crippen LogP contribution in [0.1, 0.15) is 123 Å². The minimum atomic E-state index is -1.07. The lowest BCUT2D eigenvalue weighted by molar-refractivity contribution is -0.312. The number of carbonyl (C=O) groups excluding carboxylic acids is 1. The summed E-state index contributed by atoms with van der Waals surface area (Å²) in [5.74, 6) is -1.02. The van der Waals surface area contributed by atoms with Crippen LogP contribution in [0.3, 0.4) is 0 Å². The molecule has 109 heavy (non-hydrogen) atoms. The van der Waals surface area contributed by atoms with Crippen molar-refractivity contribution in [1.29, 1.82) is 0 Å². The highest BCUT2D eigenvalue weighted by atomic mass is 16.6. The molecule has 14 rings (SSSR count). The van der Waals surface area contributed by atoms with Gasteiger partial charge in [0.25, 0.3) is 0 Å². The first-order chi connectivity index (χ1) is 53.4. The van der Waals surface area contributed by atoms with Gasteiger partial charge in [-0.2, -0.15) is 0 Å². The fourth-order valence-electron chi connectivity index (χ4n) is 20.4. The molecule has 21 atom stereocenters. The highest BCUT2D eigenvalue weighted by Gasteiger charge is 2.70. The summed E-state index contributed by atoms with van der Waals surface area (Å²) in [6.07, 6.45) is 0.775. The van der Waals surface area contributed by atoms with E-state index < -0.39 is 79.0 Å². The number of aliphatic carboxylic acids is 1. The molecule has 4 saturated carbocycles. The van der Waals surface area contributed by atoms with Crippen molar-refractivity contribution in [3.8, 4) is 0 Å². The first-order valence-electron chi connectivity index (χ1n) is 40.1. The molecule has 15 nitrogen and oxygen atoms in total. The predicted octanol–water partition coefficient (Wildman–Crippen LogP) is 16.5. The molecule has 2 saturated heterocycles. The van der Waals surface area contributed by atoms with E-state index in [1.54, 1.807) is 0 Å². The largest absolute Gasteiger partial charge is 0.480 e. The average molecular weight is 1480 g/mol. The number of carboxylic acid groups (broad SMARTS) is 1. The Labute approximate surface area is 645 Å². The molecule has 15 heteroatoms. The van der Waals surface area contributed by atoms with Crippen LogP contribution < -0.4 is 11.1 Å². The molecule has 4 aliphatic carbocycles. The lowest BCUT2D eigenvalue weighted by Gasteiger charge is -2.68. The van der Waals surface area contributed by atoms with Gasteiger partial charge in [-0.25, -0.2) is 0 Å². The Hall–Kier alpha value is -7.74. The molecule has 0 spiro atoms. The van der Waals surface area contributed by atoms with Crippen molar-refractivity contribution in [2.24, 2.45) is 63.9 Å². The summed E-state index contributed by atoms with van der Waals surface area (Å²) in [5, 5.41) is 12.5. The van der Waals surface area contributed by atoms with Gasteiger partial charge in [0.1, 0.15) is 55.4 Å². The van der Waals surface area contributed by atoms with Crippen molar-refractivity contribution in [3.05, 3.63) is 287 Å². The monoisotopic (exact) mass is 1480 g/mol. The molecule has 8 aromatic carbocycles. The number of rotatable bonds is 34. The van der Waals surface area contributed by atoms with Gasteiger partial charge in [-0.1, -0.05) is 263 Å². The summed E-state index contributed by atoms with van der Waals surface area (Å²) >= 11 is 0. The van der Waals surface area contributed by atoms with Crippen LogP contribution in [-0.2, 0) is 110 Å². The molecule has 576 valence electrons. The quantitative estimate of drug-likeness (QED) is 0.0346. The number of benzene rings is 8. The predicted molar refractivity (Wildman–Crippen MR) is 420 cm³/mol. The molecule has 8 aromatic rings. The first kappa shape index (κ1) is 78.0. The van der Waals surface area contributed by atoms with Crippen molar-refractivity contribution >= 4 is 11.9 Å². The van der Waals surface area contributed by atoms with Crippen LogP contribution in [-0.4, -0.2) is 104 Å². The molecular formula is C94H112N2O13. The van der Waals surface area contributed by atoms with Gasteiger partial charge in [0, 0.05) is 12.5 Å². The Morgan fingerprint density at radius 1 is 0.450 bits per heavy atom. The zero-order valence-corrected chi connectivity index (χ0v) is 63.6. The molecule has 0 aromatic heterocycles. The molecule has 1 amide bonds. The number of nitrogens with one attached hydrogen (secondary N) is 1. The summed E-state index contributed by atoms with van der Waals surface area (Å²) in [7, 11) is 0. The van der Waals surface area contributed by atoms with Crippen LogP contribution in [0.25, 0.3) is 0 Å². The SMILES string of the molecule is C[C@H](CCC(=O)NCC(=O)O)[C@H]1CC[C@H]2[C@@H]3[C@@H](C4O[C@H](COCc5ccccc5)[C@@H](OCc5ccccc5)[C@H](OCc5ccccc5)[C@H]4OCc4ccccc4)C[C@@H]4C[C@@H](N)CC[C@]4(C)[C@H]3C[C@@H]([C@@H]3O[C@H](COCc4ccccc4)[C@@H](OCc4ccccc4)[C@H](OCc4ccccc4)[C@H]3OCc3ccccc3)[C@]12C. The van der Waals surface area contributed by atoms with Gasteiger partial charge in [-0.05, 0) is 154 Å². The van der Waals surface area contributed by atoms with Gasteiger partial charge in [0.05, 0.1) is 78.3 Å². The van der Waals surface area contributed by atoms with Gasteiger partial charge >= 0.3 is 5.97 Å². The number of carbonyl (C=O) groups is 2. The van der Waals surface area contributed by atoms with Crippen molar-refractivity contribution < 1.29 is 62.1 Å². The van der Waals surface area contributed by atoms with Gasteiger partial charge in [0.2, 0.25) is 5.91 Å². The van der Waals surface area contributed by atoms with Crippen LogP contribution in [0, 0.1) is 58.2 Å². The summed E-state index contributed by atoms with van der Waals surface area (Å²) < 4.78 is 75.8. The van der Waals surface area contributed by atoms with E-state index in [1.807, 2.05) is 72.8 Å². The maximum atomic E-state index is 13.9. The third-order valence-electron chi connectivity index (χ3n) is 25.7. The Balaban J connectivity index is 0.927. The number of fused-ring (bicyclic) bond motifs is 5. The minimum Gasteiger partial charge on any atom is -0.480 e. The average Bonchev–Trinajstić information content (AvgIpc) is 1.65. The number of nitrogens with two attached hydrogens (primary N) is 1. The van der Waals surface area contributed by atoms with E-state index in [2.05, 4.69) is 196 Å². The van der Waals surface area contributed by atoms with Crippen LogP contribution >= 0.6 is 0 Å². The second kappa shape index (κ2) is 37.5. The molecule has 6 aliphatic rings. The van der Waals surface area contributed by atoms with Crippen molar-refractivity contribution in [2.45, 2.75) is 198 Å². The van der Waals surface area contributed by atoms with Gasteiger partial charge in [-0.15, -0.1) is 0 Å². The Kier molecular flexibility index (Phi) is 26.8. The normalized spacial score (nSPS) is 31.0. The number of carboxylic acids is 1. The third-order valence-corrected chi connectivity index (χ3v) is 25.7. The molecule has 2 heterocycles. The number of hydrogen-bond acceptors (Lipinski definition) is 13. The first-order valence-corrected chi connectivity index (χ1v) is 40.1. The van der Waals surface area contributed by atoms with E-state index in [4.69, 9.17) is 53.1 Å². The molecule has 0 bridgehead atoms. The maximum Gasteiger partial charge on any atom is 0.322 e. The van der Waals surface area contributed by atoms with Crippen molar-refractivity contribution in [1.82, 2.24) is 5.32 Å². The molecular weight excluding hydrogens is 1370 g/mol. The minimum absolute atomic E-state index is 0.0167. The second-order valence-corrected chi connectivity index (χ2v) is 32.4. The third kappa shape index (κ3) is 19.1. The fraction of sp³-hybridized carbons (Fsp3) is 0.468. The topological polar surface area (TPSA) is 185 Å². The maximum absolute atomic E-state index is 13.9. The van der Waals surface area contributed by atoms with Gasteiger partial charge in [-0.3, -0.25) is 9.59 Å². The zero-order valence-electron chi connectivity index (χ0n) is 63.6. The highest BCUT2D eigenvalue weighted by Crippen LogP contribution is 2.73. The molecule has 1 unspecified atom stereocenters. The molecule has 0 radical (unpaired) electrons. The van der Waals surface area contributed by atoms with Crippen LogP contribution in [0.2, 0.25) is 0 Å². The standard InChI is InChI=1S/C94H112N2O13/c1-64(44-47-82(97)96-53-83(98)99)76-45-46-77-84-75(85-89(104-58-69-36-20-8-21-37-69)91(106-60-71-40-24-10-25-41-71)87(102-56-67-32-16-6-17-33-67)80(108-85)62-100-54-65-28-12-4-13-29-65)51-73-50-74(95)48-49-93(73,2)78(84)52-79(94(76,77)3)86-90(105-59-70-38-22-9-23-39-70)92(107-61-72-42-26-11-27-43-72)88(103-57-68-34-18-7-19-35-68)81(109-86)63-101-55-66-30-14-5-15-31-66/h4-43,64,73-81,84-92H,44-63,95H2,1-3H3,(H,96,97)(H,98,99)/t64-,73+,74+,75+,76-,77+,78+,79+,80-,81-,84+,85?,86+,87-,88-,89+,90+,91+,92+,93+,94-/m1/s1. The van der Waals surface area contributed by atoms with E-state index in [1.165, 1.54) is 0 Å². The lowest BCUT2D eigenvalue weighted by Crippen LogP contribution is -2.70. The van der Waals surface area contributed by atoms with Gasteiger partial charge in [0.15, 0.2) is 0 Å². The molecule has 4 N–H and O–H groups in total. The fourth-order valence-corrected chi connectivity index (χ4v) is 20.4. The number of amides is 1. The summed E-state index contributed by atoms with van der Waals surface area (Å²) in [4.78, 5) is 25.8. The molecule has 6 fully saturated rings. The Morgan fingerprint density at radius 3 is 1.22 bits per heavy atom. The summed E-state index contributed by atoms with van der Waals surface area (Å²) in [6, 6.07) is 83.0. The van der Waals surface area contributed by atoms with E-state index in [-0.39, 0.29) is 84.3 Å². The highest BCUT2D eigenvalue weighted by molar-refractivity contribution is 5.81. The van der Waals surface area contributed by atoms with E-state index in [0.717, 1.165) is 89.5 Å². The molecule has 2 aliphatic heterocycles. The van der Waals surface area contributed by atoms with Gasteiger partial charge < -0.3 is 63.5 Å². The second-order valence-electron chi connectivity index (χ2n) is 32.4.